The summed E-state index contributed by atoms with van der Waals surface area (Å²) in [5.74, 6) is 0. The van der Waals surface area contributed by atoms with Crippen molar-refractivity contribution in [1.82, 2.24) is 0 Å². The summed E-state index contributed by atoms with van der Waals surface area (Å²) in [5, 5.41) is 0. The molecule has 0 aromatic carbocycles. The number of rotatable bonds is 0. The Labute approximate surface area is 61.8 Å². The average molecular weight is 108 g/mol. The lowest BCUT2D eigenvalue weighted by Gasteiger charge is -2.05. The minimum Gasteiger partial charge on any atom is -0.0533 e. The van der Waals surface area contributed by atoms with Crippen LogP contribution in [-0.4, -0.2) is 23.1 Å². The predicted molar refractivity (Wildman–Crippen MR) is 33.5 cm³/mol. The van der Waals surface area contributed by atoms with Crippen molar-refractivity contribution in [3.05, 3.63) is 0 Å². The first-order valence-corrected chi connectivity index (χ1v) is 3.00. The zero-order chi connectivity index (χ0) is 4.24. The molecule has 0 spiro atoms. The number of hydrogen-bond acceptors (Lipinski definition) is 0. The summed E-state index contributed by atoms with van der Waals surface area (Å²) in [6.45, 7) is 0. The standard InChI is InChI=1S/C6H12.Mg/c1-2-4-6-5-3-1;/h1-6H2;. The highest BCUT2D eigenvalue weighted by molar-refractivity contribution is 5.75. The Morgan fingerprint density at radius 1 is 0.429 bits per heavy atom. The molecule has 0 aliphatic heterocycles. The van der Waals surface area contributed by atoms with Gasteiger partial charge in [0.15, 0.2) is 0 Å². The fourth-order valence-corrected chi connectivity index (χ4v) is 1.06. The molecule has 38 valence electrons. The fourth-order valence-electron chi connectivity index (χ4n) is 1.06. The van der Waals surface area contributed by atoms with E-state index in [1.807, 2.05) is 0 Å². The Kier molecular flexibility index (Phi) is 5.45. The first-order valence-electron chi connectivity index (χ1n) is 3.00. The lowest BCUT2D eigenvalue weighted by molar-refractivity contribution is 0.504. The van der Waals surface area contributed by atoms with Gasteiger partial charge in [0.05, 0.1) is 0 Å². The van der Waals surface area contributed by atoms with Gasteiger partial charge in [0.25, 0.3) is 0 Å². The maximum absolute atomic E-state index is 1.50. The maximum Gasteiger partial charge on any atom is 0 e. The molecule has 1 heteroatoms. The third kappa shape index (κ3) is 3.36. The monoisotopic (exact) mass is 108 g/mol. The first-order chi connectivity index (χ1) is 3.00. The predicted octanol–water partition coefficient (Wildman–Crippen LogP) is 1.96. The van der Waals surface area contributed by atoms with Gasteiger partial charge in [0.1, 0.15) is 0 Å². The molecular formula is C6H12Mg. The van der Waals surface area contributed by atoms with E-state index in [4.69, 9.17) is 0 Å². The Hall–Kier alpha value is 0.766. The normalized spacial score (nSPS) is 20.6. The zero-order valence-electron chi connectivity index (χ0n) is 4.95. The van der Waals surface area contributed by atoms with E-state index in [9.17, 15) is 0 Å². The molecule has 0 nitrogen and oxygen atoms in total. The van der Waals surface area contributed by atoms with E-state index in [0.29, 0.717) is 0 Å². The van der Waals surface area contributed by atoms with E-state index in [-0.39, 0.29) is 23.1 Å². The summed E-state index contributed by atoms with van der Waals surface area (Å²) in [7, 11) is 0. The van der Waals surface area contributed by atoms with E-state index in [1.54, 1.807) is 0 Å². The minimum absolute atomic E-state index is 0. The van der Waals surface area contributed by atoms with Gasteiger partial charge in [0, 0.05) is 23.1 Å². The van der Waals surface area contributed by atoms with Crippen molar-refractivity contribution in [2.45, 2.75) is 38.5 Å². The second-order valence-corrected chi connectivity index (χ2v) is 2.12. The molecule has 0 saturated heterocycles. The Morgan fingerprint density at radius 3 is 0.714 bits per heavy atom. The van der Waals surface area contributed by atoms with E-state index in [2.05, 4.69) is 0 Å². The minimum atomic E-state index is 0. The van der Waals surface area contributed by atoms with Crippen LogP contribution in [-0.2, 0) is 0 Å². The van der Waals surface area contributed by atoms with Gasteiger partial charge in [-0.1, -0.05) is 38.5 Å². The zero-order valence-corrected chi connectivity index (χ0v) is 6.36. The molecule has 0 unspecified atom stereocenters. The van der Waals surface area contributed by atoms with Crippen molar-refractivity contribution in [2.24, 2.45) is 0 Å². The summed E-state index contributed by atoms with van der Waals surface area (Å²) in [6.07, 6.45) is 9.00. The summed E-state index contributed by atoms with van der Waals surface area (Å²) in [6, 6.07) is 0. The summed E-state index contributed by atoms with van der Waals surface area (Å²) in [4.78, 5) is 0. The molecule has 7 heavy (non-hydrogen) atoms. The van der Waals surface area contributed by atoms with E-state index in [1.165, 1.54) is 38.5 Å². The molecular weight excluding hydrogens is 96.4 g/mol. The van der Waals surface area contributed by atoms with Crippen LogP contribution >= 0.6 is 0 Å². The molecule has 0 aromatic heterocycles. The van der Waals surface area contributed by atoms with Crippen molar-refractivity contribution in [3.63, 3.8) is 0 Å². The molecule has 1 aliphatic rings. The molecule has 0 N–H and O–H groups in total. The van der Waals surface area contributed by atoms with Gasteiger partial charge in [-0.15, -0.1) is 0 Å². The molecule has 0 bridgehead atoms. The fraction of sp³-hybridized carbons (Fsp3) is 1.00. The molecule has 0 aromatic rings. The van der Waals surface area contributed by atoms with Crippen molar-refractivity contribution in [2.75, 3.05) is 0 Å². The highest BCUT2D eigenvalue weighted by Crippen LogP contribution is 2.15. The van der Waals surface area contributed by atoms with Crippen molar-refractivity contribution < 1.29 is 0 Å². The summed E-state index contributed by atoms with van der Waals surface area (Å²) in [5.41, 5.74) is 0. The van der Waals surface area contributed by atoms with Crippen LogP contribution < -0.4 is 0 Å². The van der Waals surface area contributed by atoms with Crippen LogP contribution in [0.25, 0.3) is 0 Å². The lowest BCUT2D eigenvalue weighted by atomic mass is 10.0. The topological polar surface area (TPSA) is 0 Å². The van der Waals surface area contributed by atoms with Gasteiger partial charge >= 0.3 is 0 Å². The van der Waals surface area contributed by atoms with E-state index < -0.39 is 0 Å². The Morgan fingerprint density at radius 2 is 0.571 bits per heavy atom. The molecule has 0 atom stereocenters. The molecule has 1 aliphatic carbocycles. The quantitative estimate of drug-likeness (QED) is 0.416. The van der Waals surface area contributed by atoms with Crippen molar-refractivity contribution in [3.8, 4) is 0 Å². The van der Waals surface area contributed by atoms with Crippen LogP contribution in [0.4, 0.5) is 0 Å². The lowest BCUT2D eigenvalue weighted by Crippen LogP contribution is -1.85. The summed E-state index contributed by atoms with van der Waals surface area (Å²) >= 11 is 0. The van der Waals surface area contributed by atoms with Gasteiger partial charge in [-0.25, -0.2) is 0 Å². The highest BCUT2D eigenvalue weighted by atomic mass is 24.3. The van der Waals surface area contributed by atoms with Gasteiger partial charge in [-0.05, 0) is 0 Å². The maximum atomic E-state index is 1.50. The molecule has 1 fully saturated rings. The molecule has 1 rings (SSSR count). The smallest absolute Gasteiger partial charge is 0 e. The molecule has 0 amide bonds. The van der Waals surface area contributed by atoms with Crippen LogP contribution in [0.5, 0.6) is 0 Å². The Bertz CT molecular complexity index is 19.7. The van der Waals surface area contributed by atoms with Crippen LogP contribution in [0.1, 0.15) is 38.5 Å². The van der Waals surface area contributed by atoms with E-state index >= 15 is 0 Å². The summed E-state index contributed by atoms with van der Waals surface area (Å²) < 4.78 is 0. The first kappa shape index (κ1) is 7.77. The third-order valence-electron chi connectivity index (χ3n) is 1.50. The van der Waals surface area contributed by atoms with Gasteiger partial charge in [-0.2, -0.15) is 0 Å². The van der Waals surface area contributed by atoms with Gasteiger partial charge in [-0.3, -0.25) is 0 Å². The highest BCUT2D eigenvalue weighted by Gasteiger charge is 1.95. The van der Waals surface area contributed by atoms with Crippen LogP contribution in [0.2, 0.25) is 0 Å². The average Bonchev–Trinajstić information content (AvgIpc) is 1.72. The second kappa shape index (κ2) is 4.91. The SMILES string of the molecule is C1CCCCC1.[Mg]. The largest absolute Gasteiger partial charge is 0.0533 e. The Balaban J connectivity index is 0.000000360. The molecule has 1 saturated carbocycles. The van der Waals surface area contributed by atoms with Crippen LogP contribution in [0.3, 0.4) is 0 Å². The van der Waals surface area contributed by atoms with Crippen molar-refractivity contribution in [1.29, 1.82) is 0 Å². The van der Waals surface area contributed by atoms with Gasteiger partial charge < -0.3 is 0 Å². The van der Waals surface area contributed by atoms with Crippen molar-refractivity contribution >= 4 is 23.1 Å². The van der Waals surface area contributed by atoms with Crippen LogP contribution in [0.15, 0.2) is 0 Å². The van der Waals surface area contributed by atoms with E-state index in [0.717, 1.165) is 0 Å². The number of hydrogen-bond donors (Lipinski definition) is 0. The third-order valence-corrected chi connectivity index (χ3v) is 1.50. The van der Waals surface area contributed by atoms with Gasteiger partial charge in [0.2, 0.25) is 0 Å². The molecule has 2 radical (unpaired) electrons. The second-order valence-electron chi connectivity index (χ2n) is 2.12. The molecule has 0 heterocycles. The van der Waals surface area contributed by atoms with Crippen LogP contribution in [0, 0.1) is 0 Å².